The average molecular weight is 605 g/mol. The monoisotopic (exact) mass is 604 g/mol. The molecule has 1 amide bonds. The Morgan fingerprint density at radius 3 is 2.71 bits per heavy atom. The lowest BCUT2D eigenvalue weighted by Crippen LogP contribution is -2.48. The Kier molecular flexibility index (Phi) is 6.63. The molecule has 1 N–H and O–H groups in total. The number of aromatic nitrogens is 2. The summed E-state index contributed by atoms with van der Waals surface area (Å²) in [4.78, 5) is 21.9. The second kappa shape index (κ2) is 10.6. The molecule has 3 saturated heterocycles. The second-order valence-electron chi connectivity index (χ2n) is 13.0. The molecule has 45 heavy (non-hydrogen) atoms. The standard InChI is InChI=1S/C36H34F2N6O/c1-20-27-16-25(18-43-12-11-42(2)19-31(43)45)44(35-23-14-30(35)40-17-23)36(27)29-13-22(6-4-10-39)32(33(38)34(29)41-20)26-7-3-5-21-8-9-24(37)15-28(21)26/h3,5,7-9,13,15-16,23,30,35,40H,4,6,11-12,14,17-19H2,1-2H3/t23-,30-,35+/m1/s1. The van der Waals surface area contributed by atoms with Gasteiger partial charge in [0.15, 0.2) is 5.82 Å². The van der Waals surface area contributed by atoms with Crippen LogP contribution < -0.4 is 5.32 Å². The van der Waals surface area contributed by atoms with Crippen LogP contribution in [0.3, 0.4) is 0 Å². The van der Waals surface area contributed by atoms with Crippen LogP contribution in [0, 0.1) is 35.8 Å². The molecular weight excluding hydrogens is 570 g/mol. The summed E-state index contributed by atoms with van der Waals surface area (Å²) in [7, 11) is 1.96. The van der Waals surface area contributed by atoms with Crippen molar-refractivity contribution < 1.29 is 13.6 Å². The molecule has 3 atom stereocenters. The summed E-state index contributed by atoms with van der Waals surface area (Å²) in [5, 5.41) is 16.3. The number of fused-ring (bicyclic) bond motifs is 5. The number of nitriles is 1. The third kappa shape index (κ3) is 4.42. The van der Waals surface area contributed by atoms with Gasteiger partial charge in [-0.05, 0) is 78.9 Å². The van der Waals surface area contributed by atoms with Gasteiger partial charge in [0.05, 0.1) is 30.7 Å². The van der Waals surface area contributed by atoms with Crippen LogP contribution >= 0.6 is 0 Å². The number of piperazine rings is 1. The number of hydrogen-bond acceptors (Lipinski definition) is 5. The highest BCUT2D eigenvalue weighted by Crippen LogP contribution is 2.48. The van der Waals surface area contributed by atoms with E-state index in [1.165, 1.54) is 12.1 Å². The Morgan fingerprint density at radius 2 is 1.96 bits per heavy atom. The zero-order chi connectivity index (χ0) is 31.0. The molecule has 3 aliphatic heterocycles. The molecule has 0 unspecified atom stereocenters. The van der Waals surface area contributed by atoms with Crippen LogP contribution in [0.5, 0.6) is 0 Å². The normalized spacial score (nSPS) is 21.6. The lowest BCUT2D eigenvalue weighted by Gasteiger charge is -2.39. The maximum absolute atomic E-state index is 17.1. The molecule has 9 rings (SSSR count). The van der Waals surface area contributed by atoms with Gasteiger partial charge in [0, 0.05) is 59.8 Å². The average Bonchev–Trinajstić information content (AvgIpc) is 3.75. The number of rotatable bonds is 6. The molecule has 3 aromatic carbocycles. The first-order valence-electron chi connectivity index (χ1n) is 15.7. The maximum Gasteiger partial charge on any atom is 0.237 e. The minimum absolute atomic E-state index is 0.107. The van der Waals surface area contributed by atoms with E-state index in [1.807, 2.05) is 48.0 Å². The Labute approximate surface area is 260 Å². The molecule has 228 valence electrons. The van der Waals surface area contributed by atoms with Crippen molar-refractivity contribution in [2.45, 2.75) is 44.8 Å². The third-order valence-corrected chi connectivity index (χ3v) is 10.2. The predicted octanol–water partition coefficient (Wildman–Crippen LogP) is 5.86. The molecule has 9 heteroatoms. The fourth-order valence-electron chi connectivity index (χ4n) is 7.97. The fraction of sp³-hybridized carbons (Fsp3) is 0.361. The van der Waals surface area contributed by atoms with Gasteiger partial charge in [0.2, 0.25) is 5.91 Å². The number of halogens is 2. The van der Waals surface area contributed by atoms with E-state index in [2.05, 4.69) is 22.0 Å². The predicted molar refractivity (Wildman–Crippen MR) is 171 cm³/mol. The SMILES string of the molecule is Cc1nc2c(F)c(-c3cccc4ccc(F)cc34)c(CCC#N)cc2c2c1cc(CN1CCN(C)CC1=O)n2[C@H]1[C@H]2CN[C@@H]1C2. The van der Waals surface area contributed by atoms with E-state index in [9.17, 15) is 14.4 Å². The first kappa shape index (κ1) is 28.1. The van der Waals surface area contributed by atoms with Crippen LogP contribution in [0.25, 0.3) is 43.7 Å². The fourth-order valence-corrected chi connectivity index (χ4v) is 7.97. The smallest absolute Gasteiger partial charge is 0.237 e. The molecule has 7 nitrogen and oxygen atoms in total. The summed E-state index contributed by atoms with van der Waals surface area (Å²) in [5.41, 5.74) is 4.62. The first-order chi connectivity index (χ1) is 21.8. The van der Waals surface area contributed by atoms with Gasteiger partial charge in [0.25, 0.3) is 0 Å². The van der Waals surface area contributed by atoms with Crippen LogP contribution in [0.2, 0.25) is 0 Å². The minimum atomic E-state index is -0.458. The lowest BCUT2D eigenvalue weighted by atomic mass is 9.79. The van der Waals surface area contributed by atoms with Gasteiger partial charge >= 0.3 is 0 Å². The summed E-state index contributed by atoms with van der Waals surface area (Å²) in [6.07, 6.45) is 1.66. The molecule has 4 fully saturated rings. The van der Waals surface area contributed by atoms with E-state index < -0.39 is 11.6 Å². The molecular formula is C36H34F2N6O. The Bertz CT molecular complexity index is 2070. The van der Waals surface area contributed by atoms with E-state index in [0.29, 0.717) is 65.5 Å². The second-order valence-corrected chi connectivity index (χ2v) is 13.0. The number of carbonyl (C=O) groups is 1. The van der Waals surface area contributed by atoms with Crippen LogP contribution in [0.4, 0.5) is 8.78 Å². The van der Waals surface area contributed by atoms with Crippen molar-refractivity contribution in [3.8, 4) is 17.2 Å². The minimum Gasteiger partial charge on any atom is -0.337 e. The number of nitrogens with zero attached hydrogens (tertiary/aromatic N) is 5. The van der Waals surface area contributed by atoms with Gasteiger partial charge in [-0.25, -0.2) is 13.8 Å². The van der Waals surface area contributed by atoms with Gasteiger partial charge in [-0.1, -0.05) is 24.3 Å². The summed E-state index contributed by atoms with van der Waals surface area (Å²) in [5.74, 6) is -0.279. The number of pyridine rings is 1. The van der Waals surface area contributed by atoms with Crippen molar-refractivity contribution in [2.75, 3.05) is 33.2 Å². The van der Waals surface area contributed by atoms with Crippen LogP contribution in [0.1, 0.15) is 35.8 Å². The number of hydrogen-bond donors (Lipinski definition) is 1. The topological polar surface area (TPSA) is 77.2 Å². The lowest BCUT2D eigenvalue weighted by molar-refractivity contribution is -0.136. The van der Waals surface area contributed by atoms with Crippen molar-refractivity contribution >= 4 is 38.5 Å². The number of nitrogens with one attached hydrogen (secondary N) is 1. The van der Waals surface area contributed by atoms with E-state index >= 15 is 4.39 Å². The third-order valence-electron chi connectivity index (χ3n) is 10.2. The number of carbonyl (C=O) groups excluding carboxylic acids is 1. The van der Waals surface area contributed by atoms with Crippen molar-refractivity contribution in [3.63, 3.8) is 0 Å². The van der Waals surface area contributed by atoms with Gasteiger partial charge < -0.3 is 14.8 Å². The number of aryl methyl sites for hydroxylation is 2. The molecule has 0 radical (unpaired) electrons. The van der Waals surface area contributed by atoms with Crippen LogP contribution in [-0.4, -0.2) is 64.5 Å². The molecule has 0 spiro atoms. The quantitative estimate of drug-likeness (QED) is 0.263. The molecule has 1 aliphatic carbocycles. The Morgan fingerprint density at radius 1 is 1.09 bits per heavy atom. The van der Waals surface area contributed by atoms with Crippen molar-refractivity contribution in [3.05, 3.63) is 77.1 Å². The van der Waals surface area contributed by atoms with Crippen LogP contribution in [0.15, 0.2) is 48.5 Å². The Balaban J connectivity index is 1.39. The largest absolute Gasteiger partial charge is 0.337 e. The molecule has 1 saturated carbocycles. The van der Waals surface area contributed by atoms with Gasteiger partial charge in [0.1, 0.15) is 11.3 Å². The zero-order valence-corrected chi connectivity index (χ0v) is 25.4. The summed E-state index contributed by atoms with van der Waals surface area (Å²) in [6.45, 7) is 5.22. The molecule has 5 aromatic rings. The van der Waals surface area contributed by atoms with E-state index in [1.54, 1.807) is 6.07 Å². The van der Waals surface area contributed by atoms with E-state index in [4.69, 9.17) is 4.98 Å². The summed E-state index contributed by atoms with van der Waals surface area (Å²) < 4.78 is 34.0. The van der Waals surface area contributed by atoms with E-state index in [0.717, 1.165) is 47.2 Å². The Hall–Kier alpha value is -4.39. The van der Waals surface area contributed by atoms with Crippen LogP contribution in [-0.2, 0) is 17.8 Å². The number of likely N-dealkylation sites (N-methyl/N-ethyl adjacent to an activating group) is 1. The van der Waals surface area contributed by atoms with Gasteiger partial charge in [-0.3, -0.25) is 9.69 Å². The van der Waals surface area contributed by atoms with Crippen molar-refractivity contribution in [1.82, 2.24) is 24.7 Å². The maximum atomic E-state index is 17.1. The van der Waals surface area contributed by atoms with Gasteiger partial charge in [-0.2, -0.15) is 5.26 Å². The highest BCUT2D eigenvalue weighted by atomic mass is 19.1. The highest BCUT2D eigenvalue weighted by molar-refractivity contribution is 6.09. The van der Waals surface area contributed by atoms with E-state index in [-0.39, 0.29) is 23.9 Å². The molecule has 2 aromatic heterocycles. The highest BCUT2D eigenvalue weighted by Gasteiger charge is 2.49. The molecule has 2 bridgehead atoms. The summed E-state index contributed by atoms with van der Waals surface area (Å²) in [6, 6.07) is 17.0. The van der Waals surface area contributed by atoms with Gasteiger partial charge in [-0.15, -0.1) is 0 Å². The number of benzene rings is 3. The molecule has 5 heterocycles. The first-order valence-corrected chi connectivity index (χ1v) is 15.7. The van der Waals surface area contributed by atoms with Crippen molar-refractivity contribution in [1.29, 1.82) is 5.26 Å². The molecule has 4 aliphatic rings. The number of amides is 1. The van der Waals surface area contributed by atoms with Crippen molar-refractivity contribution in [2.24, 2.45) is 5.92 Å². The summed E-state index contributed by atoms with van der Waals surface area (Å²) >= 11 is 0. The zero-order valence-electron chi connectivity index (χ0n) is 25.4.